The molecule has 3 aliphatic carbocycles. The molecule has 1 saturated carbocycles. The van der Waals surface area contributed by atoms with Crippen LogP contribution in [0.25, 0.3) is 11.1 Å². The van der Waals surface area contributed by atoms with E-state index < -0.39 is 0 Å². The van der Waals surface area contributed by atoms with Gasteiger partial charge in [-0.05, 0) is 35.4 Å². The van der Waals surface area contributed by atoms with E-state index in [4.69, 9.17) is 0 Å². The van der Waals surface area contributed by atoms with E-state index in [0.29, 0.717) is 11.3 Å². The largest absolute Gasteiger partial charge is 1.00 e. The van der Waals surface area contributed by atoms with Gasteiger partial charge in [0.15, 0.2) is 0 Å². The van der Waals surface area contributed by atoms with E-state index in [0.717, 1.165) is 6.42 Å². The fraction of sp³-hybridized carbons (Fsp3) is 0.489. The molecule has 0 radical (unpaired) electrons. The third kappa shape index (κ3) is 10.5. The maximum absolute atomic E-state index is 3.69. The van der Waals surface area contributed by atoms with Crippen LogP contribution in [-0.4, -0.2) is 3.21 Å². The van der Waals surface area contributed by atoms with Crippen LogP contribution in [0, 0.1) is 44.2 Å². The van der Waals surface area contributed by atoms with Crippen LogP contribution in [0.15, 0.2) is 60.2 Å². The molecule has 1 atom stereocenters. The Morgan fingerprint density at radius 1 is 0.812 bits per heavy atom. The molecule has 3 aromatic rings. The summed E-state index contributed by atoms with van der Waals surface area (Å²) in [6.45, 7) is 27.2. The number of halogens is 2. The van der Waals surface area contributed by atoms with Gasteiger partial charge in [-0.15, -0.1) is 16.7 Å². The van der Waals surface area contributed by atoms with Crippen LogP contribution in [0.5, 0.6) is 0 Å². The third-order valence-electron chi connectivity index (χ3n) is 10.1. The Kier molecular flexibility index (Phi) is 15.2. The van der Waals surface area contributed by atoms with Crippen molar-refractivity contribution in [2.24, 2.45) is 11.3 Å². The van der Waals surface area contributed by atoms with Crippen LogP contribution in [-0.2, 0) is 41.5 Å². The van der Waals surface area contributed by atoms with Crippen molar-refractivity contribution in [2.45, 2.75) is 132 Å². The minimum absolute atomic E-state index is 0. The van der Waals surface area contributed by atoms with Gasteiger partial charge in [0.05, 0.1) is 0 Å². The first kappa shape index (κ1) is 42.6. The number of benzene rings is 3. The van der Waals surface area contributed by atoms with Crippen molar-refractivity contribution in [2.75, 3.05) is 0 Å². The molecule has 0 nitrogen and oxygen atoms in total. The monoisotopic (exact) mass is 758 g/mol. The Balaban J connectivity index is 0.000000272. The molecule has 0 amide bonds. The van der Waals surface area contributed by atoms with Crippen LogP contribution < -0.4 is 24.8 Å². The number of hydrogen-bond donors (Lipinski definition) is 0. The van der Waals surface area contributed by atoms with Gasteiger partial charge in [0.25, 0.3) is 0 Å². The smallest absolute Gasteiger partial charge is 0.0129 e. The number of rotatable bonds is 2. The molecule has 3 aliphatic rings. The molecule has 0 aromatic heterocycles. The van der Waals surface area contributed by atoms with Gasteiger partial charge < -0.3 is 24.8 Å². The van der Waals surface area contributed by atoms with E-state index in [2.05, 4.69) is 150 Å². The first-order chi connectivity index (χ1) is 21.4. The summed E-state index contributed by atoms with van der Waals surface area (Å²) in [7, 11) is 0. The van der Waals surface area contributed by atoms with Gasteiger partial charge >= 0.3 is 76.7 Å². The van der Waals surface area contributed by atoms with Crippen molar-refractivity contribution in [3.63, 3.8) is 0 Å². The van der Waals surface area contributed by atoms with E-state index in [1.165, 1.54) is 115 Å². The quantitative estimate of drug-likeness (QED) is 0.212. The van der Waals surface area contributed by atoms with Crippen LogP contribution >= 0.6 is 0 Å². The van der Waals surface area contributed by atoms with Gasteiger partial charge in [-0.1, -0.05) is 129 Å². The Morgan fingerprint density at radius 2 is 1.38 bits per heavy atom. The molecule has 0 bridgehead atoms. The molecule has 6 rings (SSSR count). The van der Waals surface area contributed by atoms with Crippen molar-refractivity contribution in [1.82, 2.24) is 0 Å². The second-order valence-electron chi connectivity index (χ2n) is 16.5. The number of fused-ring (bicyclic) bond motifs is 3. The van der Waals surface area contributed by atoms with Gasteiger partial charge in [-0.25, -0.2) is 6.08 Å². The summed E-state index contributed by atoms with van der Waals surface area (Å²) in [6, 6.07) is 19.6. The summed E-state index contributed by atoms with van der Waals surface area (Å²) < 4.78 is 1.46. The zero-order valence-electron chi connectivity index (χ0n) is 31.8. The molecule has 0 aliphatic heterocycles. The molecular weight excluding hydrogens is 703 g/mol. The normalized spacial score (nSPS) is 17.3. The van der Waals surface area contributed by atoms with E-state index in [-0.39, 0.29) is 35.6 Å². The molecule has 258 valence electrons. The summed E-state index contributed by atoms with van der Waals surface area (Å²) in [5.41, 5.74) is 16.4. The average Bonchev–Trinajstić information content (AvgIpc) is 3.55. The van der Waals surface area contributed by atoms with Crippen LogP contribution in [0.1, 0.15) is 139 Å². The predicted octanol–water partition coefficient (Wildman–Crippen LogP) is 6.25. The predicted molar refractivity (Wildman–Crippen MR) is 198 cm³/mol. The fourth-order valence-electron chi connectivity index (χ4n) is 7.41. The molecule has 48 heavy (non-hydrogen) atoms. The van der Waals surface area contributed by atoms with Crippen molar-refractivity contribution in [3.8, 4) is 11.1 Å². The van der Waals surface area contributed by atoms with Crippen molar-refractivity contribution >= 4 is 3.21 Å². The van der Waals surface area contributed by atoms with E-state index >= 15 is 0 Å². The van der Waals surface area contributed by atoms with E-state index in [1.807, 2.05) is 0 Å². The van der Waals surface area contributed by atoms with Crippen LogP contribution in [0.4, 0.5) is 0 Å². The van der Waals surface area contributed by atoms with Gasteiger partial charge in [0.2, 0.25) is 0 Å². The van der Waals surface area contributed by atoms with Gasteiger partial charge in [0.1, 0.15) is 0 Å². The minimum atomic E-state index is 0. The summed E-state index contributed by atoms with van der Waals surface area (Å²) in [4.78, 5) is 0. The Bertz CT molecular complexity index is 1550. The van der Waals surface area contributed by atoms with Crippen LogP contribution in [0.3, 0.4) is 0 Å². The number of aryl methyl sites for hydroxylation is 3. The molecule has 0 saturated heterocycles. The molecule has 1 fully saturated rings. The maximum Gasteiger partial charge on any atom is -0.0129 e. The second kappa shape index (κ2) is 17.1. The summed E-state index contributed by atoms with van der Waals surface area (Å²) in [6.07, 6.45) is 16.0. The van der Waals surface area contributed by atoms with E-state index in [1.54, 1.807) is 5.57 Å². The minimum Gasteiger partial charge on any atom is -1.00 e. The SMILES string of the molecule is CC1[C-]=CC(C2(C)CCCCC2)=C1.C[C](=[Zr+2])c1ccc(C)cc1.Cc1[c-]c2c(cc1C(C)(C)C)-c1cc(C(C)(C)C)c(C)cc1C2.[Cl-].[Cl-]. The molecular formula is C45H58Cl2Zr-2. The first-order valence-electron chi connectivity index (χ1n) is 17.5. The van der Waals surface area contributed by atoms with Gasteiger partial charge in [-0.3, -0.25) is 6.08 Å². The summed E-state index contributed by atoms with van der Waals surface area (Å²) in [5.74, 6) is 0.550. The van der Waals surface area contributed by atoms with Crippen molar-refractivity contribution < 1.29 is 49.0 Å². The molecule has 0 heterocycles. The Hall–Kier alpha value is -1.53. The topological polar surface area (TPSA) is 0 Å². The zero-order valence-corrected chi connectivity index (χ0v) is 35.7. The maximum atomic E-state index is 3.69. The molecule has 0 spiro atoms. The first-order valence-corrected chi connectivity index (χ1v) is 18.8. The van der Waals surface area contributed by atoms with Crippen molar-refractivity contribution in [1.29, 1.82) is 0 Å². The van der Waals surface area contributed by atoms with E-state index in [9.17, 15) is 0 Å². The number of hydrogen-bond acceptors (Lipinski definition) is 0. The molecule has 3 heteroatoms. The fourth-order valence-corrected chi connectivity index (χ4v) is 7.82. The molecule has 0 N–H and O–H groups in total. The van der Waals surface area contributed by atoms with Gasteiger partial charge in [0, 0.05) is 0 Å². The average molecular weight is 761 g/mol. The standard InChI is InChI=1S/C23H29.C13H19.C9H10.2ClH.Zr/c1-14-9-16-11-17-10-15(2)21(23(6,7)8)13-19(17)18(16)12-20(14)22(3,4)5;1-11-6-7-12(10-11)13(2)8-4-3-5-9-13;1-3-9-6-4-8(2)5-7-9;;;/h9,12-13H,11H2,1-8H3;7,10-11H,3-5,8-9H2,1-2H3;4-7H,1-2H3;2*1H;/q2*-1;;;;+2/p-2. The second-order valence-corrected chi connectivity index (χ2v) is 18.4. The molecule has 1 unspecified atom stereocenters. The molecule has 3 aromatic carbocycles. The summed E-state index contributed by atoms with van der Waals surface area (Å²) >= 11 is 1.51. The van der Waals surface area contributed by atoms with Crippen molar-refractivity contribution in [3.05, 3.63) is 117 Å². The number of allylic oxidation sites excluding steroid dienone is 4. The third-order valence-corrected chi connectivity index (χ3v) is 10.9. The van der Waals surface area contributed by atoms with Gasteiger partial charge in [-0.2, -0.15) is 29.3 Å². The Labute approximate surface area is 321 Å². The van der Waals surface area contributed by atoms with Crippen LogP contribution in [0.2, 0.25) is 0 Å². The summed E-state index contributed by atoms with van der Waals surface area (Å²) in [5, 5.41) is 0. The Morgan fingerprint density at radius 3 is 1.88 bits per heavy atom. The zero-order chi connectivity index (χ0) is 34.0.